The van der Waals surface area contributed by atoms with Gasteiger partial charge < -0.3 is 15.4 Å². The largest absolute Gasteiger partial charge is 0.394 e. The fourth-order valence-corrected chi connectivity index (χ4v) is 2.35. The van der Waals surface area contributed by atoms with E-state index in [1.54, 1.807) is 48.7 Å². The summed E-state index contributed by atoms with van der Waals surface area (Å²) in [6, 6.07) is 13.6. The van der Waals surface area contributed by atoms with Crippen molar-refractivity contribution in [3.05, 3.63) is 82.4 Å². The Bertz CT molecular complexity index is 910. The molecule has 0 spiro atoms. The van der Waals surface area contributed by atoms with Gasteiger partial charge in [-0.15, -0.1) is 0 Å². The molecule has 0 aliphatic carbocycles. The summed E-state index contributed by atoms with van der Waals surface area (Å²) in [4.78, 5) is 35.3. The van der Waals surface area contributed by atoms with Gasteiger partial charge in [-0.25, -0.2) is 4.98 Å². The number of aromatic nitrogens is 3. The van der Waals surface area contributed by atoms with Crippen LogP contribution in [-0.2, 0) is 0 Å². The SMILES string of the molecule is O=C(N[C@@H](CO)c1ccccc1)c1cnc(-c2ccccn2)[nH]c1=O. The molecule has 0 aliphatic rings. The number of aliphatic hydroxyl groups excluding tert-OH is 1. The van der Waals surface area contributed by atoms with Crippen LogP contribution in [0.1, 0.15) is 22.0 Å². The molecule has 0 radical (unpaired) electrons. The summed E-state index contributed by atoms with van der Waals surface area (Å²) in [7, 11) is 0. The normalized spacial score (nSPS) is 11.7. The number of nitrogens with zero attached hydrogens (tertiary/aromatic N) is 2. The number of aromatic amines is 1. The highest BCUT2D eigenvalue weighted by molar-refractivity contribution is 5.93. The molecule has 0 saturated heterocycles. The zero-order chi connectivity index (χ0) is 17.6. The van der Waals surface area contributed by atoms with E-state index in [0.717, 1.165) is 5.56 Å². The summed E-state index contributed by atoms with van der Waals surface area (Å²) in [6.07, 6.45) is 2.79. The number of amides is 1. The summed E-state index contributed by atoms with van der Waals surface area (Å²) in [5.41, 5.74) is 0.545. The van der Waals surface area contributed by atoms with Crippen LogP contribution in [0.2, 0.25) is 0 Å². The minimum atomic E-state index is -0.608. The van der Waals surface area contributed by atoms with E-state index in [-0.39, 0.29) is 18.0 Å². The van der Waals surface area contributed by atoms with Crippen LogP contribution in [0.3, 0.4) is 0 Å². The molecule has 1 aromatic carbocycles. The summed E-state index contributed by atoms with van der Waals surface area (Å²) >= 11 is 0. The molecule has 3 rings (SSSR count). The number of hydrogen-bond donors (Lipinski definition) is 3. The third-order valence-corrected chi connectivity index (χ3v) is 3.64. The van der Waals surface area contributed by atoms with Crippen LogP contribution >= 0.6 is 0 Å². The van der Waals surface area contributed by atoms with Crippen molar-refractivity contribution in [3.8, 4) is 11.5 Å². The zero-order valence-corrected chi connectivity index (χ0v) is 13.2. The van der Waals surface area contributed by atoms with E-state index >= 15 is 0 Å². The van der Waals surface area contributed by atoms with Crippen LogP contribution in [-0.4, -0.2) is 32.6 Å². The number of rotatable bonds is 5. The van der Waals surface area contributed by atoms with Crippen molar-refractivity contribution in [2.24, 2.45) is 0 Å². The Morgan fingerprint density at radius 3 is 2.52 bits per heavy atom. The molecule has 2 aromatic heterocycles. The van der Waals surface area contributed by atoms with E-state index in [4.69, 9.17) is 0 Å². The van der Waals surface area contributed by atoms with Gasteiger partial charge in [0.05, 0.1) is 12.6 Å². The smallest absolute Gasteiger partial charge is 0.264 e. The molecule has 7 heteroatoms. The number of nitrogens with one attached hydrogen (secondary N) is 2. The highest BCUT2D eigenvalue weighted by atomic mass is 16.3. The molecule has 0 bridgehead atoms. The minimum Gasteiger partial charge on any atom is -0.394 e. The Morgan fingerprint density at radius 2 is 1.88 bits per heavy atom. The van der Waals surface area contributed by atoms with Crippen LogP contribution in [0.5, 0.6) is 0 Å². The lowest BCUT2D eigenvalue weighted by Gasteiger charge is -2.16. The number of carbonyl (C=O) groups is 1. The molecule has 1 atom stereocenters. The highest BCUT2D eigenvalue weighted by Crippen LogP contribution is 2.12. The Labute approximate surface area is 143 Å². The van der Waals surface area contributed by atoms with E-state index in [1.807, 2.05) is 6.07 Å². The van der Waals surface area contributed by atoms with Crippen LogP contribution in [0.25, 0.3) is 11.5 Å². The average molecular weight is 336 g/mol. The second-order valence-corrected chi connectivity index (χ2v) is 5.31. The Balaban J connectivity index is 1.82. The topological polar surface area (TPSA) is 108 Å². The maximum absolute atomic E-state index is 12.4. The first-order chi connectivity index (χ1) is 12.2. The summed E-state index contributed by atoms with van der Waals surface area (Å²) in [6.45, 7) is -0.285. The van der Waals surface area contributed by atoms with Gasteiger partial charge >= 0.3 is 0 Å². The summed E-state index contributed by atoms with van der Waals surface area (Å²) in [5.74, 6) is -0.326. The Morgan fingerprint density at radius 1 is 1.12 bits per heavy atom. The maximum Gasteiger partial charge on any atom is 0.264 e. The number of H-pyrrole nitrogens is 1. The highest BCUT2D eigenvalue weighted by Gasteiger charge is 2.18. The molecule has 7 nitrogen and oxygen atoms in total. The van der Waals surface area contributed by atoms with Gasteiger partial charge in [-0.2, -0.15) is 0 Å². The van der Waals surface area contributed by atoms with Crippen LogP contribution in [0.15, 0.2) is 65.7 Å². The molecular weight excluding hydrogens is 320 g/mol. The van der Waals surface area contributed by atoms with Crippen LogP contribution in [0.4, 0.5) is 0 Å². The lowest BCUT2D eigenvalue weighted by Crippen LogP contribution is -2.34. The predicted octanol–water partition coefficient (Wildman–Crippen LogP) is 1.30. The molecule has 0 unspecified atom stereocenters. The molecule has 0 saturated carbocycles. The third kappa shape index (κ3) is 3.78. The van der Waals surface area contributed by atoms with Crippen molar-refractivity contribution in [1.82, 2.24) is 20.3 Å². The van der Waals surface area contributed by atoms with E-state index in [0.29, 0.717) is 5.69 Å². The maximum atomic E-state index is 12.4. The van der Waals surface area contributed by atoms with Crippen molar-refractivity contribution in [1.29, 1.82) is 0 Å². The number of pyridine rings is 1. The number of carbonyl (C=O) groups excluding carboxylic acids is 1. The first-order valence-electron chi connectivity index (χ1n) is 7.66. The average Bonchev–Trinajstić information content (AvgIpc) is 2.67. The quantitative estimate of drug-likeness (QED) is 0.651. The molecule has 0 fully saturated rings. The van der Waals surface area contributed by atoms with Gasteiger partial charge in [0.25, 0.3) is 11.5 Å². The molecule has 25 heavy (non-hydrogen) atoms. The fourth-order valence-electron chi connectivity index (χ4n) is 2.35. The molecule has 3 N–H and O–H groups in total. The molecule has 0 aliphatic heterocycles. The van der Waals surface area contributed by atoms with Gasteiger partial charge in [-0.1, -0.05) is 36.4 Å². The second-order valence-electron chi connectivity index (χ2n) is 5.31. The van der Waals surface area contributed by atoms with Gasteiger partial charge in [-0.05, 0) is 17.7 Å². The van der Waals surface area contributed by atoms with Crippen LogP contribution < -0.4 is 10.9 Å². The molecule has 3 aromatic rings. The van der Waals surface area contributed by atoms with Gasteiger partial charge in [0.1, 0.15) is 11.3 Å². The third-order valence-electron chi connectivity index (χ3n) is 3.64. The van der Waals surface area contributed by atoms with Crippen molar-refractivity contribution in [2.75, 3.05) is 6.61 Å². The van der Waals surface area contributed by atoms with E-state index in [9.17, 15) is 14.7 Å². The van der Waals surface area contributed by atoms with E-state index in [2.05, 4.69) is 20.3 Å². The second kappa shape index (κ2) is 7.50. The molecule has 1 amide bonds. The van der Waals surface area contributed by atoms with E-state index < -0.39 is 17.5 Å². The number of benzene rings is 1. The van der Waals surface area contributed by atoms with Crippen molar-refractivity contribution in [2.45, 2.75) is 6.04 Å². The van der Waals surface area contributed by atoms with Gasteiger partial charge in [0, 0.05) is 12.4 Å². The van der Waals surface area contributed by atoms with Crippen molar-refractivity contribution in [3.63, 3.8) is 0 Å². The Hall–Kier alpha value is -3.32. The molecule has 2 heterocycles. The summed E-state index contributed by atoms with van der Waals surface area (Å²) < 4.78 is 0. The van der Waals surface area contributed by atoms with Crippen LogP contribution in [0, 0.1) is 0 Å². The van der Waals surface area contributed by atoms with Crippen molar-refractivity contribution < 1.29 is 9.90 Å². The monoisotopic (exact) mass is 336 g/mol. The van der Waals surface area contributed by atoms with E-state index in [1.165, 1.54) is 6.20 Å². The lowest BCUT2D eigenvalue weighted by molar-refractivity contribution is 0.0914. The molecular formula is C18H16N4O3. The Kier molecular flexibility index (Phi) is 4.96. The minimum absolute atomic E-state index is 0.130. The lowest BCUT2D eigenvalue weighted by atomic mass is 10.1. The predicted molar refractivity (Wildman–Crippen MR) is 91.8 cm³/mol. The fraction of sp³-hybridized carbons (Fsp3) is 0.111. The summed E-state index contributed by atoms with van der Waals surface area (Å²) in [5, 5.41) is 12.1. The standard InChI is InChI=1S/C18H16N4O3/c23-11-15(12-6-2-1-3-7-12)21-17(24)13-10-20-16(22-18(13)25)14-8-4-5-9-19-14/h1-10,15,23H,11H2,(H,21,24)(H,20,22,25)/t15-/m0/s1. The zero-order valence-electron chi connectivity index (χ0n) is 13.2. The first-order valence-corrected chi connectivity index (χ1v) is 7.66. The van der Waals surface area contributed by atoms with Gasteiger partial charge in [-0.3, -0.25) is 14.6 Å². The molecule has 126 valence electrons. The van der Waals surface area contributed by atoms with Crippen molar-refractivity contribution >= 4 is 5.91 Å². The number of aliphatic hydroxyl groups is 1. The number of hydrogen-bond acceptors (Lipinski definition) is 5. The first kappa shape index (κ1) is 16.5. The van der Waals surface area contributed by atoms with Gasteiger partial charge in [0.15, 0.2) is 5.82 Å². The van der Waals surface area contributed by atoms with Gasteiger partial charge in [0.2, 0.25) is 0 Å².